The minimum Gasteiger partial charge on any atom is -0.497 e. The van der Waals surface area contributed by atoms with E-state index < -0.39 is 6.10 Å². The number of aliphatic hydroxyl groups excluding tert-OH is 1. The molecule has 0 spiro atoms. The van der Waals surface area contributed by atoms with Crippen molar-refractivity contribution in [2.24, 2.45) is 0 Å². The molecule has 21 heavy (non-hydrogen) atoms. The zero-order chi connectivity index (χ0) is 15.4. The summed E-state index contributed by atoms with van der Waals surface area (Å²) in [5.41, 5.74) is 2.40. The second-order valence-electron chi connectivity index (χ2n) is 4.94. The summed E-state index contributed by atoms with van der Waals surface area (Å²) >= 11 is 0. The molecule has 1 N–H and O–H groups in total. The molecule has 4 heteroatoms. The second-order valence-corrected chi connectivity index (χ2v) is 4.94. The highest BCUT2D eigenvalue weighted by Crippen LogP contribution is 2.30. The van der Waals surface area contributed by atoms with Crippen molar-refractivity contribution in [3.63, 3.8) is 0 Å². The molecule has 0 amide bonds. The molecule has 112 valence electrons. The van der Waals surface area contributed by atoms with Gasteiger partial charge in [0.15, 0.2) is 0 Å². The van der Waals surface area contributed by atoms with Crippen LogP contribution in [0.25, 0.3) is 0 Å². The summed E-state index contributed by atoms with van der Waals surface area (Å²) in [6.07, 6.45) is -0.653. The maximum absolute atomic E-state index is 13.3. The lowest BCUT2D eigenvalue weighted by molar-refractivity contribution is 0.189. The zero-order valence-corrected chi connectivity index (χ0v) is 12.4. The summed E-state index contributed by atoms with van der Waals surface area (Å²) in [6, 6.07) is 9.84. The molecule has 0 saturated heterocycles. The van der Waals surface area contributed by atoms with Crippen molar-refractivity contribution < 1.29 is 19.0 Å². The lowest BCUT2D eigenvalue weighted by atomic mass is 10.1. The molecule has 0 radical (unpaired) electrons. The van der Waals surface area contributed by atoms with Crippen LogP contribution in [-0.2, 0) is 6.61 Å². The van der Waals surface area contributed by atoms with Crippen molar-refractivity contribution in [3.8, 4) is 11.5 Å². The van der Waals surface area contributed by atoms with Gasteiger partial charge in [-0.3, -0.25) is 0 Å². The number of methoxy groups -OCH3 is 1. The average molecular weight is 290 g/mol. The van der Waals surface area contributed by atoms with Crippen LogP contribution in [0.1, 0.15) is 29.7 Å². The first-order chi connectivity index (χ1) is 10.0. The Bertz CT molecular complexity index is 623. The van der Waals surface area contributed by atoms with E-state index in [1.54, 1.807) is 38.3 Å². The predicted molar refractivity (Wildman–Crippen MR) is 79.1 cm³/mol. The molecule has 2 rings (SSSR count). The fourth-order valence-electron chi connectivity index (χ4n) is 2.06. The van der Waals surface area contributed by atoms with Crippen molar-refractivity contribution in [1.82, 2.24) is 0 Å². The maximum Gasteiger partial charge on any atom is 0.129 e. The van der Waals surface area contributed by atoms with Crippen LogP contribution in [0.3, 0.4) is 0 Å². The zero-order valence-electron chi connectivity index (χ0n) is 12.4. The van der Waals surface area contributed by atoms with E-state index in [1.165, 1.54) is 12.1 Å². The van der Waals surface area contributed by atoms with Gasteiger partial charge in [0.05, 0.1) is 13.2 Å². The van der Waals surface area contributed by atoms with Crippen LogP contribution < -0.4 is 9.47 Å². The van der Waals surface area contributed by atoms with Gasteiger partial charge in [0, 0.05) is 11.6 Å². The van der Waals surface area contributed by atoms with Gasteiger partial charge in [-0.15, -0.1) is 0 Å². The molecule has 0 saturated carbocycles. The number of halogens is 1. The Kier molecular flexibility index (Phi) is 4.81. The molecule has 2 aromatic rings. The van der Waals surface area contributed by atoms with Crippen LogP contribution in [0.15, 0.2) is 36.4 Å². The molecule has 0 fully saturated rings. The summed E-state index contributed by atoms with van der Waals surface area (Å²) in [5.74, 6) is 0.888. The minimum atomic E-state index is -0.653. The van der Waals surface area contributed by atoms with Crippen LogP contribution >= 0.6 is 0 Å². The SMILES string of the molecule is COc1ccc([C@H](C)O)c(OCc2cc(F)ccc2C)c1. The molecule has 0 aromatic heterocycles. The van der Waals surface area contributed by atoms with Crippen molar-refractivity contribution in [2.45, 2.75) is 26.6 Å². The van der Waals surface area contributed by atoms with E-state index in [9.17, 15) is 9.50 Å². The predicted octanol–water partition coefficient (Wildman–Crippen LogP) is 3.78. The number of hydrogen-bond acceptors (Lipinski definition) is 3. The first kappa shape index (κ1) is 15.3. The fourth-order valence-corrected chi connectivity index (χ4v) is 2.06. The minimum absolute atomic E-state index is 0.233. The number of benzene rings is 2. The highest BCUT2D eigenvalue weighted by atomic mass is 19.1. The molecule has 2 aromatic carbocycles. The molecule has 0 aliphatic heterocycles. The summed E-state index contributed by atoms with van der Waals surface area (Å²) in [5, 5.41) is 9.78. The second kappa shape index (κ2) is 6.59. The third kappa shape index (κ3) is 3.73. The van der Waals surface area contributed by atoms with Crippen molar-refractivity contribution in [1.29, 1.82) is 0 Å². The third-order valence-corrected chi connectivity index (χ3v) is 3.37. The number of hydrogen-bond donors (Lipinski definition) is 1. The average Bonchev–Trinajstić information content (AvgIpc) is 2.47. The standard InChI is InChI=1S/C17H19FO3/c1-11-4-5-14(18)8-13(11)10-21-17-9-15(20-3)6-7-16(17)12(2)19/h4-9,12,19H,10H2,1-3H3/t12-/m0/s1. The highest BCUT2D eigenvalue weighted by Gasteiger charge is 2.11. The van der Waals surface area contributed by atoms with Crippen molar-refractivity contribution in [2.75, 3.05) is 7.11 Å². The van der Waals surface area contributed by atoms with Crippen molar-refractivity contribution >= 4 is 0 Å². The van der Waals surface area contributed by atoms with E-state index in [0.717, 1.165) is 11.1 Å². The summed E-state index contributed by atoms with van der Waals surface area (Å²) in [7, 11) is 1.57. The highest BCUT2D eigenvalue weighted by molar-refractivity contribution is 5.42. The van der Waals surface area contributed by atoms with Gasteiger partial charge in [-0.2, -0.15) is 0 Å². The van der Waals surface area contributed by atoms with Gasteiger partial charge in [0.25, 0.3) is 0 Å². The van der Waals surface area contributed by atoms with Crippen LogP contribution in [0.5, 0.6) is 11.5 Å². The number of ether oxygens (including phenoxy) is 2. The lowest BCUT2D eigenvalue weighted by Gasteiger charge is -2.15. The molecule has 0 aliphatic rings. The van der Waals surface area contributed by atoms with Gasteiger partial charge >= 0.3 is 0 Å². The number of aryl methyl sites for hydroxylation is 1. The van der Waals surface area contributed by atoms with Gasteiger partial charge in [0.2, 0.25) is 0 Å². The summed E-state index contributed by atoms with van der Waals surface area (Å²) < 4.78 is 24.2. The van der Waals surface area contributed by atoms with Gasteiger partial charge in [-0.25, -0.2) is 4.39 Å². The smallest absolute Gasteiger partial charge is 0.129 e. The topological polar surface area (TPSA) is 38.7 Å². The van der Waals surface area contributed by atoms with E-state index in [-0.39, 0.29) is 12.4 Å². The van der Waals surface area contributed by atoms with Gasteiger partial charge < -0.3 is 14.6 Å². The Hall–Kier alpha value is -2.07. The first-order valence-corrected chi connectivity index (χ1v) is 6.75. The molecule has 0 bridgehead atoms. The quantitative estimate of drug-likeness (QED) is 0.911. The van der Waals surface area contributed by atoms with Crippen LogP contribution in [0.2, 0.25) is 0 Å². The number of rotatable bonds is 5. The number of aliphatic hydroxyl groups is 1. The van der Waals surface area contributed by atoms with E-state index in [4.69, 9.17) is 9.47 Å². The molecule has 3 nitrogen and oxygen atoms in total. The Balaban J connectivity index is 2.24. The summed E-state index contributed by atoms with van der Waals surface area (Å²) in [4.78, 5) is 0. The van der Waals surface area contributed by atoms with Gasteiger partial charge in [0.1, 0.15) is 23.9 Å². The van der Waals surface area contributed by atoms with E-state index >= 15 is 0 Å². The van der Waals surface area contributed by atoms with Crippen LogP contribution in [0.4, 0.5) is 4.39 Å². The molecular formula is C17H19FO3. The van der Waals surface area contributed by atoms with Crippen molar-refractivity contribution in [3.05, 3.63) is 58.9 Å². The Morgan fingerprint density at radius 2 is 1.95 bits per heavy atom. The van der Waals surface area contributed by atoms with E-state index in [2.05, 4.69) is 0 Å². The molecule has 0 aliphatic carbocycles. The monoisotopic (exact) mass is 290 g/mol. The van der Waals surface area contributed by atoms with Crippen LogP contribution in [-0.4, -0.2) is 12.2 Å². The largest absolute Gasteiger partial charge is 0.497 e. The van der Waals surface area contributed by atoms with E-state index in [0.29, 0.717) is 17.1 Å². The van der Waals surface area contributed by atoms with Crippen LogP contribution in [0, 0.1) is 12.7 Å². The summed E-state index contributed by atoms with van der Waals surface area (Å²) in [6.45, 7) is 3.80. The molecule has 1 atom stereocenters. The lowest BCUT2D eigenvalue weighted by Crippen LogP contribution is -2.03. The van der Waals surface area contributed by atoms with Gasteiger partial charge in [-0.1, -0.05) is 6.07 Å². The first-order valence-electron chi connectivity index (χ1n) is 6.75. The molecule has 0 unspecified atom stereocenters. The van der Waals surface area contributed by atoms with Gasteiger partial charge in [-0.05, 0) is 49.2 Å². The third-order valence-electron chi connectivity index (χ3n) is 3.37. The Morgan fingerprint density at radius 1 is 1.19 bits per heavy atom. The van der Waals surface area contributed by atoms with E-state index in [1.807, 2.05) is 6.92 Å². The fraction of sp³-hybridized carbons (Fsp3) is 0.294. The molecule has 0 heterocycles. The maximum atomic E-state index is 13.3. The Labute approximate surface area is 124 Å². The molecular weight excluding hydrogens is 271 g/mol. The normalized spacial score (nSPS) is 12.0. The Morgan fingerprint density at radius 3 is 2.62 bits per heavy atom.